The van der Waals surface area contributed by atoms with Gasteiger partial charge in [0.25, 0.3) is 5.56 Å². The quantitative estimate of drug-likeness (QED) is 0.905. The van der Waals surface area contributed by atoms with Crippen LogP contribution >= 0.6 is 0 Å². The zero-order valence-corrected chi connectivity index (χ0v) is 10.4. The first-order valence-electron chi connectivity index (χ1n) is 5.67. The third kappa shape index (κ3) is 3.01. The fourth-order valence-corrected chi connectivity index (χ4v) is 1.74. The molecule has 0 bridgehead atoms. The van der Waals surface area contributed by atoms with Crippen LogP contribution in [-0.4, -0.2) is 22.8 Å². The van der Waals surface area contributed by atoms with Crippen LogP contribution in [0, 0.1) is 0 Å². The largest absolute Gasteiger partial charge is 0.497 e. The number of ether oxygens (including phenoxy) is 1. The molecule has 0 amide bonds. The summed E-state index contributed by atoms with van der Waals surface area (Å²) >= 11 is 0. The molecular weight excluding hydrogens is 246 g/mol. The highest BCUT2D eigenvalue weighted by Gasteiger charge is 2.05. The van der Waals surface area contributed by atoms with Crippen molar-refractivity contribution >= 4 is 5.97 Å². The van der Waals surface area contributed by atoms with Crippen LogP contribution in [0.25, 0.3) is 0 Å². The number of carbonyl (C=O) groups is 1. The Morgan fingerprint density at radius 1 is 1.32 bits per heavy atom. The van der Waals surface area contributed by atoms with Crippen LogP contribution < -0.4 is 10.3 Å². The summed E-state index contributed by atoms with van der Waals surface area (Å²) in [6.45, 7) is 0.371. The number of methoxy groups -OCH3 is 1. The number of nitrogens with zero attached hydrogens (tertiary/aromatic N) is 1. The SMILES string of the molecule is COc1cccc(Cn2ccc(C(=O)O)cc2=O)c1. The maximum atomic E-state index is 11.8. The number of benzene rings is 1. The Hall–Kier alpha value is -2.56. The molecule has 0 aliphatic carbocycles. The molecular formula is C14H13NO4. The van der Waals surface area contributed by atoms with Crippen LogP contribution in [0.15, 0.2) is 47.4 Å². The predicted octanol–water partition coefficient (Wildman–Crippen LogP) is 1.60. The van der Waals surface area contributed by atoms with E-state index in [0.717, 1.165) is 11.6 Å². The van der Waals surface area contributed by atoms with Gasteiger partial charge in [-0.05, 0) is 23.8 Å². The van der Waals surface area contributed by atoms with E-state index in [0.29, 0.717) is 12.3 Å². The van der Waals surface area contributed by atoms with Crippen molar-refractivity contribution in [1.29, 1.82) is 0 Å². The van der Waals surface area contributed by atoms with Crippen molar-refractivity contribution in [3.05, 3.63) is 64.1 Å². The fraction of sp³-hybridized carbons (Fsp3) is 0.143. The van der Waals surface area contributed by atoms with E-state index >= 15 is 0 Å². The zero-order chi connectivity index (χ0) is 13.8. The van der Waals surface area contributed by atoms with Crippen molar-refractivity contribution in [2.75, 3.05) is 7.11 Å². The normalized spacial score (nSPS) is 10.2. The Bertz CT molecular complexity index is 660. The lowest BCUT2D eigenvalue weighted by Crippen LogP contribution is -2.20. The highest BCUT2D eigenvalue weighted by atomic mass is 16.5. The monoisotopic (exact) mass is 259 g/mol. The van der Waals surface area contributed by atoms with Gasteiger partial charge in [-0.2, -0.15) is 0 Å². The second-order valence-corrected chi connectivity index (χ2v) is 4.04. The summed E-state index contributed by atoms with van der Waals surface area (Å²) in [5, 5.41) is 8.79. The van der Waals surface area contributed by atoms with Gasteiger partial charge in [-0.15, -0.1) is 0 Å². The summed E-state index contributed by atoms with van der Waals surface area (Å²) in [4.78, 5) is 22.5. The number of aromatic carboxylic acids is 1. The van der Waals surface area contributed by atoms with Crippen LogP contribution in [0.4, 0.5) is 0 Å². The van der Waals surface area contributed by atoms with Crippen LogP contribution in [0.1, 0.15) is 15.9 Å². The number of carboxylic acid groups (broad SMARTS) is 1. The smallest absolute Gasteiger partial charge is 0.335 e. The average molecular weight is 259 g/mol. The lowest BCUT2D eigenvalue weighted by molar-refractivity contribution is 0.0696. The molecule has 0 saturated heterocycles. The summed E-state index contributed by atoms with van der Waals surface area (Å²) in [5.74, 6) is -0.390. The third-order valence-corrected chi connectivity index (χ3v) is 2.73. The number of pyridine rings is 1. The minimum atomic E-state index is -1.11. The van der Waals surface area contributed by atoms with E-state index in [-0.39, 0.29) is 11.1 Å². The van der Waals surface area contributed by atoms with Crippen molar-refractivity contribution in [1.82, 2.24) is 4.57 Å². The van der Waals surface area contributed by atoms with E-state index in [4.69, 9.17) is 9.84 Å². The maximum Gasteiger partial charge on any atom is 0.335 e. The van der Waals surface area contributed by atoms with E-state index in [2.05, 4.69) is 0 Å². The van der Waals surface area contributed by atoms with E-state index < -0.39 is 5.97 Å². The predicted molar refractivity (Wildman–Crippen MR) is 69.8 cm³/mol. The van der Waals surface area contributed by atoms with Gasteiger partial charge in [0.2, 0.25) is 0 Å². The van der Waals surface area contributed by atoms with Crippen LogP contribution in [0.2, 0.25) is 0 Å². The minimum absolute atomic E-state index is 0.00751. The van der Waals surface area contributed by atoms with Gasteiger partial charge in [-0.3, -0.25) is 4.79 Å². The molecule has 0 fully saturated rings. The Kier molecular flexibility index (Phi) is 3.66. The van der Waals surface area contributed by atoms with Crippen molar-refractivity contribution in [3.8, 4) is 5.75 Å². The Balaban J connectivity index is 2.28. The summed E-state index contributed by atoms with van der Waals surface area (Å²) in [6.07, 6.45) is 1.48. The molecule has 2 rings (SSSR count). The summed E-state index contributed by atoms with van der Waals surface area (Å²) in [6, 6.07) is 9.88. The third-order valence-electron chi connectivity index (χ3n) is 2.73. The molecule has 1 aromatic carbocycles. The highest BCUT2D eigenvalue weighted by Crippen LogP contribution is 2.13. The number of carboxylic acids is 1. The lowest BCUT2D eigenvalue weighted by atomic mass is 10.2. The molecule has 0 aliphatic rings. The van der Waals surface area contributed by atoms with E-state index in [1.54, 1.807) is 7.11 Å². The van der Waals surface area contributed by atoms with Gasteiger partial charge in [0.15, 0.2) is 0 Å². The number of hydrogen-bond acceptors (Lipinski definition) is 3. The van der Waals surface area contributed by atoms with E-state index in [9.17, 15) is 9.59 Å². The molecule has 5 heteroatoms. The Morgan fingerprint density at radius 2 is 2.11 bits per heavy atom. The highest BCUT2D eigenvalue weighted by molar-refractivity contribution is 5.87. The molecule has 1 heterocycles. The summed E-state index contributed by atoms with van der Waals surface area (Å²) in [7, 11) is 1.58. The summed E-state index contributed by atoms with van der Waals surface area (Å²) < 4.78 is 6.55. The molecule has 19 heavy (non-hydrogen) atoms. The first kappa shape index (κ1) is 12.9. The number of hydrogen-bond donors (Lipinski definition) is 1. The molecule has 0 unspecified atom stereocenters. The molecule has 0 atom stereocenters. The summed E-state index contributed by atoms with van der Waals surface area (Å²) in [5.41, 5.74) is 0.555. The Labute approximate surface area is 109 Å². The van der Waals surface area contributed by atoms with Crippen LogP contribution in [-0.2, 0) is 6.54 Å². The van der Waals surface area contributed by atoms with Gasteiger partial charge in [0.05, 0.1) is 19.2 Å². The van der Waals surface area contributed by atoms with Crippen LogP contribution in [0.5, 0.6) is 5.75 Å². The van der Waals surface area contributed by atoms with Gasteiger partial charge >= 0.3 is 5.97 Å². The number of rotatable bonds is 4. The lowest BCUT2D eigenvalue weighted by Gasteiger charge is -2.07. The van der Waals surface area contributed by atoms with Gasteiger partial charge in [-0.25, -0.2) is 4.79 Å². The molecule has 0 radical (unpaired) electrons. The molecule has 2 aromatic rings. The maximum absolute atomic E-state index is 11.8. The minimum Gasteiger partial charge on any atom is -0.497 e. The van der Waals surface area contributed by atoms with Crippen molar-refractivity contribution in [2.45, 2.75) is 6.54 Å². The van der Waals surface area contributed by atoms with Crippen molar-refractivity contribution in [2.24, 2.45) is 0 Å². The standard InChI is InChI=1S/C14H13NO4/c1-19-12-4-2-3-10(7-12)9-15-6-5-11(14(17)18)8-13(15)16/h2-8H,9H2,1H3,(H,17,18). The fourth-order valence-electron chi connectivity index (χ4n) is 1.74. The number of aromatic nitrogens is 1. The molecule has 0 saturated carbocycles. The molecule has 1 N–H and O–H groups in total. The van der Waals surface area contributed by atoms with Crippen molar-refractivity contribution < 1.29 is 14.6 Å². The van der Waals surface area contributed by atoms with E-state index in [1.807, 2.05) is 24.3 Å². The zero-order valence-electron chi connectivity index (χ0n) is 10.4. The van der Waals surface area contributed by atoms with E-state index in [1.165, 1.54) is 16.8 Å². The second kappa shape index (κ2) is 5.39. The van der Waals surface area contributed by atoms with Gasteiger partial charge in [-0.1, -0.05) is 12.1 Å². The topological polar surface area (TPSA) is 68.5 Å². The van der Waals surface area contributed by atoms with Gasteiger partial charge < -0.3 is 14.4 Å². The van der Waals surface area contributed by atoms with Gasteiger partial charge in [0, 0.05) is 12.3 Å². The first-order chi connectivity index (χ1) is 9.10. The van der Waals surface area contributed by atoms with Crippen molar-refractivity contribution in [3.63, 3.8) is 0 Å². The molecule has 98 valence electrons. The molecule has 0 spiro atoms. The molecule has 5 nitrogen and oxygen atoms in total. The average Bonchev–Trinajstić information content (AvgIpc) is 2.41. The molecule has 1 aromatic heterocycles. The van der Waals surface area contributed by atoms with Crippen LogP contribution in [0.3, 0.4) is 0 Å². The Morgan fingerprint density at radius 3 is 2.74 bits per heavy atom. The van der Waals surface area contributed by atoms with Gasteiger partial charge in [0.1, 0.15) is 5.75 Å². The second-order valence-electron chi connectivity index (χ2n) is 4.04. The first-order valence-corrected chi connectivity index (χ1v) is 5.67. The molecule has 0 aliphatic heterocycles.